The van der Waals surface area contributed by atoms with Crippen molar-refractivity contribution in [1.82, 2.24) is 4.98 Å². The number of benzene rings is 1. The van der Waals surface area contributed by atoms with Gasteiger partial charge in [-0.05, 0) is 35.7 Å². The van der Waals surface area contributed by atoms with E-state index < -0.39 is 6.10 Å². The molecule has 0 aliphatic rings. The fourth-order valence-electron chi connectivity index (χ4n) is 2.65. The fraction of sp³-hybridized carbons (Fsp3) is 0.333. The number of carbonyl (C=O) groups is 1. The summed E-state index contributed by atoms with van der Waals surface area (Å²) in [7, 11) is 1.35. The third-order valence-corrected chi connectivity index (χ3v) is 4.42. The molecule has 1 N–H and O–H groups in total. The number of rotatable bonds is 6. The lowest BCUT2D eigenvalue weighted by Crippen LogP contribution is -2.20. The number of methoxy groups -OCH3 is 1. The summed E-state index contributed by atoms with van der Waals surface area (Å²) in [5.74, 6) is -1.05. The number of hydrogen-bond acceptors (Lipinski definition) is 4. The van der Waals surface area contributed by atoms with Crippen molar-refractivity contribution in [2.24, 2.45) is 5.92 Å². The molecule has 0 radical (unpaired) electrons. The summed E-state index contributed by atoms with van der Waals surface area (Å²) in [6.45, 7) is 1.77. The molecule has 4 nitrogen and oxygen atoms in total. The maximum atomic E-state index is 11.8. The van der Waals surface area contributed by atoms with Crippen LogP contribution in [-0.4, -0.2) is 23.2 Å². The number of esters is 1. The fourth-order valence-corrected chi connectivity index (χ4v) is 2.96. The molecule has 0 fully saturated rings. The molecule has 0 aliphatic heterocycles. The van der Waals surface area contributed by atoms with E-state index in [1.807, 2.05) is 0 Å². The van der Waals surface area contributed by atoms with Gasteiger partial charge < -0.3 is 9.84 Å². The molecule has 0 aliphatic carbocycles. The molecule has 0 bridgehead atoms. The average molecular weight is 368 g/mol. The van der Waals surface area contributed by atoms with E-state index in [2.05, 4.69) is 4.98 Å². The molecule has 1 aromatic heterocycles. The zero-order valence-corrected chi connectivity index (χ0v) is 15.0. The van der Waals surface area contributed by atoms with E-state index in [0.717, 1.165) is 5.56 Å². The smallest absolute Gasteiger partial charge is 0.308 e. The van der Waals surface area contributed by atoms with Crippen molar-refractivity contribution in [3.05, 3.63) is 63.9 Å². The molecule has 1 heterocycles. The predicted octanol–water partition coefficient (Wildman–Crippen LogP) is 4.40. The highest BCUT2D eigenvalue weighted by Crippen LogP contribution is 2.37. The van der Waals surface area contributed by atoms with E-state index in [-0.39, 0.29) is 17.8 Å². The summed E-state index contributed by atoms with van der Waals surface area (Å²) in [6.07, 6.45) is 2.76. The van der Waals surface area contributed by atoms with E-state index in [0.29, 0.717) is 22.0 Å². The van der Waals surface area contributed by atoms with Crippen LogP contribution in [0.1, 0.15) is 36.5 Å². The van der Waals surface area contributed by atoms with Gasteiger partial charge in [0.1, 0.15) is 0 Å². The van der Waals surface area contributed by atoms with E-state index in [1.165, 1.54) is 13.3 Å². The lowest BCUT2D eigenvalue weighted by Gasteiger charge is -2.25. The molecule has 0 amide bonds. The average Bonchev–Trinajstić information content (AvgIpc) is 2.58. The predicted molar refractivity (Wildman–Crippen MR) is 94.2 cm³/mol. The zero-order valence-electron chi connectivity index (χ0n) is 13.4. The van der Waals surface area contributed by atoms with Crippen molar-refractivity contribution in [3.8, 4) is 0 Å². The van der Waals surface area contributed by atoms with Crippen molar-refractivity contribution in [2.45, 2.75) is 25.4 Å². The van der Waals surface area contributed by atoms with Crippen LogP contribution >= 0.6 is 23.2 Å². The largest absolute Gasteiger partial charge is 0.469 e. The highest BCUT2D eigenvalue weighted by molar-refractivity contribution is 6.30. The SMILES string of the molecule is COC(=O)C(C)C[C@@H](c1cncc(Cl)c1)[C@H](O)c1ccc(Cl)cc1. The highest BCUT2D eigenvalue weighted by atomic mass is 35.5. The monoisotopic (exact) mass is 367 g/mol. The lowest BCUT2D eigenvalue weighted by molar-refractivity contribution is -0.145. The Balaban J connectivity index is 2.34. The quantitative estimate of drug-likeness (QED) is 0.768. The summed E-state index contributed by atoms with van der Waals surface area (Å²) >= 11 is 11.9. The number of hydrogen-bond donors (Lipinski definition) is 1. The second-order valence-corrected chi connectivity index (χ2v) is 6.57. The van der Waals surface area contributed by atoms with E-state index >= 15 is 0 Å². The number of ether oxygens (including phenoxy) is 1. The van der Waals surface area contributed by atoms with Crippen LogP contribution in [0, 0.1) is 5.92 Å². The Hall–Kier alpha value is -1.62. The van der Waals surface area contributed by atoms with Crippen molar-refractivity contribution in [3.63, 3.8) is 0 Å². The van der Waals surface area contributed by atoms with Gasteiger partial charge in [0.15, 0.2) is 0 Å². The van der Waals surface area contributed by atoms with Gasteiger partial charge in [-0.15, -0.1) is 0 Å². The minimum Gasteiger partial charge on any atom is -0.469 e. The third kappa shape index (κ3) is 4.69. The normalized spacial score (nSPS) is 14.7. The molecule has 1 unspecified atom stereocenters. The molecule has 24 heavy (non-hydrogen) atoms. The number of aliphatic hydroxyl groups is 1. The molecule has 0 saturated heterocycles. The minimum atomic E-state index is -0.824. The first kappa shape index (κ1) is 18.7. The maximum Gasteiger partial charge on any atom is 0.308 e. The van der Waals surface area contributed by atoms with Gasteiger partial charge in [-0.2, -0.15) is 0 Å². The van der Waals surface area contributed by atoms with E-state index in [4.69, 9.17) is 27.9 Å². The summed E-state index contributed by atoms with van der Waals surface area (Å²) in [5, 5.41) is 11.9. The van der Waals surface area contributed by atoms with Gasteiger partial charge >= 0.3 is 5.97 Å². The minimum absolute atomic E-state index is 0.321. The standard InChI is InChI=1S/C18H19Cl2NO3/c1-11(18(23)24-2)7-16(13-8-15(20)10-21-9-13)17(22)12-3-5-14(19)6-4-12/h3-6,8-11,16-17,22H,7H2,1-2H3/t11?,16-,17+/m0/s1. The Kier molecular flexibility index (Phi) is 6.60. The van der Waals surface area contributed by atoms with Crippen LogP contribution < -0.4 is 0 Å². The summed E-state index contributed by atoms with van der Waals surface area (Å²) in [6, 6.07) is 8.72. The molecule has 2 rings (SSSR count). The Labute approximate surface area is 151 Å². The molecule has 6 heteroatoms. The van der Waals surface area contributed by atoms with Gasteiger partial charge in [0.05, 0.1) is 24.2 Å². The molecule has 1 aromatic carbocycles. The number of carbonyl (C=O) groups excluding carboxylic acids is 1. The van der Waals surface area contributed by atoms with Crippen molar-refractivity contribution >= 4 is 29.2 Å². The second kappa shape index (κ2) is 8.47. The van der Waals surface area contributed by atoms with Gasteiger partial charge in [0.2, 0.25) is 0 Å². The van der Waals surface area contributed by atoms with Gasteiger partial charge in [0.25, 0.3) is 0 Å². The number of pyridine rings is 1. The summed E-state index contributed by atoms with van der Waals surface area (Å²) < 4.78 is 4.79. The Morgan fingerprint density at radius 2 is 1.83 bits per heavy atom. The number of aromatic nitrogens is 1. The highest BCUT2D eigenvalue weighted by Gasteiger charge is 2.28. The van der Waals surface area contributed by atoms with Crippen LogP contribution in [0.25, 0.3) is 0 Å². The number of aliphatic hydroxyl groups excluding tert-OH is 1. The van der Waals surface area contributed by atoms with Crippen LogP contribution in [0.5, 0.6) is 0 Å². The maximum absolute atomic E-state index is 11.8. The molecule has 0 spiro atoms. The van der Waals surface area contributed by atoms with Crippen LogP contribution in [0.2, 0.25) is 10.0 Å². The van der Waals surface area contributed by atoms with Crippen LogP contribution in [0.3, 0.4) is 0 Å². The molecular formula is C18H19Cl2NO3. The Morgan fingerprint density at radius 3 is 2.42 bits per heavy atom. The number of halogens is 2. The van der Waals surface area contributed by atoms with Crippen molar-refractivity contribution < 1.29 is 14.6 Å². The molecule has 0 saturated carbocycles. The molecular weight excluding hydrogens is 349 g/mol. The summed E-state index contributed by atoms with van der Waals surface area (Å²) in [4.78, 5) is 15.9. The first-order valence-corrected chi connectivity index (χ1v) is 8.29. The molecule has 3 atom stereocenters. The van der Waals surface area contributed by atoms with E-state index in [9.17, 15) is 9.90 Å². The first-order valence-electron chi connectivity index (χ1n) is 7.54. The van der Waals surface area contributed by atoms with Crippen molar-refractivity contribution in [1.29, 1.82) is 0 Å². The van der Waals surface area contributed by atoms with Crippen LogP contribution in [-0.2, 0) is 9.53 Å². The first-order chi connectivity index (χ1) is 11.4. The number of nitrogens with zero attached hydrogens (tertiary/aromatic N) is 1. The van der Waals surface area contributed by atoms with E-state index in [1.54, 1.807) is 43.5 Å². The van der Waals surface area contributed by atoms with Crippen molar-refractivity contribution in [2.75, 3.05) is 7.11 Å². The lowest BCUT2D eigenvalue weighted by atomic mass is 9.83. The van der Waals surface area contributed by atoms with Gasteiger partial charge in [0, 0.05) is 23.3 Å². The van der Waals surface area contributed by atoms with Gasteiger partial charge in [-0.25, -0.2) is 0 Å². The Bertz CT molecular complexity index is 691. The van der Waals surface area contributed by atoms with Crippen LogP contribution in [0.4, 0.5) is 0 Å². The second-order valence-electron chi connectivity index (χ2n) is 5.70. The molecule has 2 aromatic rings. The van der Waals surface area contributed by atoms with Gasteiger partial charge in [-0.1, -0.05) is 42.3 Å². The third-order valence-electron chi connectivity index (χ3n) is 3.96. The van der Waals surface area contributed by atoms with Gasteiger partial charge in [-0.3, -0.25) is 9.78 Å². The topological polar surface area (TPSA) is 59.4 Å². The summed E-state index contributed by atoms with van der Waals surface area (Å²) in [5.41, 5.74) is 1.47. The molecule has 128 valence electrons. The Morgan fingerprint density at radius 1 is 1.17 bits per heavy atom. The van der Waals surface area contributed by atoms with Crippen LogP contribution in [0.15, 0.2) is 42.7 Å². The zero-order chi connectivity index (χ0) is 17.7.